The SMILES string of the molecule is O=C(COc1ccc(-c2ccccc2)cc1Br)Nc1ccc(OCCC2CCCCC2)cc1. The molecule has 0 aliphatic heterocycles. The summed E-state index contributed by atoms with van der Waals surface area (Å²) in [6.07, 6.45) is 7.90. The third-order valence-electron chi connectivity index (χ3n) is 6.06. The summed E-state index contributed by atoms with van der Waals surface area (Å²) in [5.74, 6) is 2.07. The van der Waals surface area contributed by atoms with Gasteiger partial charge in [0.15, 0.2) is 6.61 Å². The second-order valence-corrected chi connectivity index (χ2v) is 9.37. The third kappa shape index (κ3) is 7.10. The van der Waals surface area contributed by atoms with Crippen LogP contribution in [0.1, 0.15) is 38.5 Å². The lowest BCUT2D eigenvalue weighted by Gasteiger charge is -2.21. The maximum Gasteiger partial charge on any atom is 0.262 e. The molecule has 0 heterocycles. The fraction of sp³-hybridized carbons (Fsp3) is 0.321. The van der Waals surface area contributed by atoms with Gasteiger partial charge in [0.1, 0.15) is 11.5 Å². The topological polar surface area (TPSA) is 47.6 Å². The van der Waals surface area contributed by atoms with Crippen molar-refractivity contribution in [3.63, 3.8) is 0 Å². The van der Waals surface area contributed by atoms with Gasteiger partial charge in [0.25, 0.3) is 5.91 Å². The van der Waals surface area contributed by atoms with Gasteiger partial charge in [-0.05, 0) is 75.8 Å². The fourth-order valence-electron chi connectivity index (χ4n) is 4.22. The zero-order valence-electron chi connectivity index (χ0n) is 18.8. The highest BCUT2D eigenvalue weighted by Gasteiger charge is 2.13. The molecule has 3 aromatic carbocycles. The van der Waals surface area contributed by atoms with Crippen LogP contribution in [0.25, 0.3) is 11.1 Å². The molecule has 1 aliphatic rings. The van der Waals surface area contributed by atoms with Crippen molar-refractivity contribution in [2.75, 3.05) is 18.5 Å². The number of hydrogen-bond donors (Lipinski definition) is 1. The van der Waals surface area contributed by atoms with Gasteiger partial charge in [-0.2, -0.15) is 0 Å². The van der Waals surface area contributed by atoms with Crippen molar-refractivity contribution >= 4 is 27.5 Å². The lowest BCUT2D eigenvalue weighted by molar-refractivity contribution is -0.118. The van der Waals surface area contributed by atoms with Gasteiger partial charge in [0.2, 0.25) is 0 Å². The van der Waals surface area contributed by atoms with Crippen LogP contribution >= 0.6 is 15.9 Å². The molecular weight excluding hydrogens is 478 g/mol. The fourth-order valence-corrected chi connectivity index (χ4v) is 4.72. The predicted molar refractivity (Wildman–Crippen MR) is 137 cm³/mol. The van der Waals surface area contributed by atoms with Crippen molar-refractivity contribution in [3.05, 3.63) is 77.3 Å². The summed E-state index contributed by atoms with van der Waals surface area (Å²) in [5.41, 5.74) is 2.94. The Morgan fingerprint density at radius 2 is 1.64 bits per heavy atom. The van der Waals surface area contributed by atoms with Crippen molar-refractivity contribution in [1.29, 1.82) is 0 Å². The van der Waals surface area contributed by atoms with E-state index in [1.807, 2.05) is 60.7 Å². The van der Waals surface area contributed by atoms with Crippen molar-refractivity contribution < 1.29 is 14.3 Å². The molecule has 1 amide bonds. The average molecular weight is 508 g/mol. The number of carbonyl (C=O) groups is 1. The molecule has 0 bridgehead atoms. The standard InChI is InChI=1S/C28H30BrNO3/c29-26-19-23(22-9-5-2-6-10-22)11-16-27(26)33-20-28(31)30-24-12-14-25(15-13-24)32-18-17-21-7-3-1-4-8-21/h2,5-6,9-16,19,21H,1,3-4,7-8,17-18,20H2,(H,30,31). The number of rotatable bonds is 9. The van der Waals surface area contributed by atoms with Gasteiger partial charge in [-0.3, -0.25) is 4.79 Å². The molecule has 3 aromatic rings. The van der Waals surface area contributed by atoms with E-state index in [1.165, 1.54) is 32.1 Å². The van der Waals surface area contributed by atoms with E-state index in [4.69, 9.17) is 9.47 Å². The average Bonchev–Trinajstić information content (AvgIpc) is 2.85. The zero-order chi connectivity index (χ0) is 22.9. The van der Waals surface area contributed by atoms with Crippen LogP contribution in [0.2, 0.25) is 0 Å². The van der Waals surface area contributed by atoms with Crippen molar-refractivity contribution in [2.45, 2.75) is 38.5 Å². The van der Waals surface area contributed by atoms with E-state index in [0.717, 1.165) is 46.0 Å². The van der Waals surface area contributed by atoms with Gasteiger partial charge in [0.05, 0.1) is 11.1 Å². The van der Waals surface area contributed by atoms with E-state index in [2.05, 4.69) is 33.4 Å². The molecule has 4 rings (SSSR count). The summed E-state index contributed by atoms with van der Waals surface area (Å²) in [6.45, 7) is 0.686. The molecule has 1 saturated carbocycles. The number of anilines is 1. The van der Waals surface area contributed by atoms with Gasteiger partial charge in [-0.25, -0.2) is 0 Å². The molecule has 0 unspecified atom stereocenters. The summed E-state index contributed by atoms with van der Waals surface area (Å²) < 4.78 is 12.4. The Balaban J connectivity index is 1.22. The predicted octanol–water partition coefficient (Wildman–Crippen LogP) is 7.48. The Kier molecular flexibility index (Phi) is 8.42. The molecule has 5 heteroatoms. The number of ether oxygens (including phenoxy) is 2. The Labute approximate surface area is 204 Å². The maximum atomic E-state index is 12.3. The van der Waals surface area contributed by atoms with Crippen molar-refractivity contribution in [1.82, 2.24) is 0 Å². The molecule has 1 aliphatic carbocycles. The molecule has 172 valence electrons. The number of halogens is 1. The molecule has 0 saturated heterocycles. The normalized spacial score (nSPS) is 14.0. The number of carbonyl (C=O) groups excluding carboxylic acids is 1. The molecule has 0 atom stereocenters. The monoisotopic (exact) mass is 507 g/mol. The third-order valence-corrected chi connectivity index (χ3v) is 6.68. The minimum absolute atomic E-state index is 0.0665. The summed E-state index contributed by atoms with van der Waals surface area (Å²) >= 11 is 3.54. The van der Waals surface area contributed by atoms with Crippen LogP contribution < -0.4 is 14.8 Å². The maximum absolute atomic E-state index is 12.3. The molecule has 4 nitrogen and oxygen atoms in total. The number of nitrogens with one attached hydrogen (secondary N) is 1. The molecule has 0 spiro atoms. The molecule has 1 N–H and O–H groups in total. The highest BCUT2D eigenvalue weighted by atomic mass is 79.9. The second kappa shape index (κ2) is 11.9. The Morgan fingerprint density at radius 3 is 2.36 bits per heavy atom. The van der Waals surface area contributed by atoms with Crippen LogP contribution in [0.3, 0.4) is 0 Å². The van der Waals surface area contributed by atoms with Gasteiger partial charge < -0.3 is 14.8 Å². The van der Waals surface area contributed by atoms with E-state index in [9.17, 15) is 4.79 Å². The Bertz CT molecular complexity index is 1030. The van der Waals surface area contributed by atoms with Crippen molar-refractivity contribution in [2.24, 2.45) is 5.92 Å². The van der Waals surface area contributed by atoms with E-state index in [1.54, 1.807) is 0 Å². The minimum Gasteiger partial charge on any atom is -0.494 e. The molecule has 33 heavy (non-hydrogen) atoms. The van der Waals surface area contributed by atoms with Crippen molar-refractivity contribution in [3.8, 4) is 22.6 Å². The first-order valence-corrected chi connectivity index (χ1v) is 12.5. The van der Waals surface area contributed by atoms with Gasteiger partial charge in [-0.15, -0.1) is 0 Å². The quantitative estimate of drug-likeness (QED) is 0.326. The van der Waals surface area contributed by atoms with Gasteiger partial charge in [-0.1, -0.05) is 68.5 Å². The molecule has 0 radical (unpaired) electrons. The lowest BCUT2D eigenvalue weighted by Crippen LogP contribution is -2.20. The highest BCUT2D eigenvalue weighted by Crippen LogP contribution is 2.31. The van der Waals surface area contributed by atoms with Gasteiger partial charge in [0, 0.05) is 5.69 Å². The van der Waals surface area contributed by atoms with Crippen LogP contribution in [0.15, 0.2) is 77.3 Å². The minimum atomic E-state index is -0.208. The summed E-state index contributed by atoms with van der Waals surface area (Å²) in [7, 11) is 0. The molecular formula is C28H30BrNO3. The van der Waals surface area contributed by atoms with Crippen LogP contribution in [0, 0.1) is 5.92 Å². The molecule has 1 fully saturated rings. The number of benzene rings is 3. The van der Waals surface area contributed by atoms with Crippen LogP contribution in [0.4, 0.5) is 5.69 Å². The summed E-state index contributed by atoms with van der Waals surface area (Å²) in [4.78, 5) is 12.3. The van der Waals surface area contributed by atoms with Crippen LogP contribution in [-0.2, 0) is 4.79 Å². The largest absolute Gasteiger partial charge is 0.494 e. The van der Waals surface area contributed by atoms with Crippen LogP contribution in [0.5, 0.6) is 11.5 Å². The summed E-state index contributed by atoms with van der Waals surface area (Å²) in [5, 5.41) is 2.87. The Morgan fingerprint density at radius 1 is 0.879 bits per heavy atom. The van der Waals surface area contributed by atoms with E-state index < -0.39 is 0 Å². The van der Waals surface area contributed by atoms with E-state index in [-0.39, 0.29) is 12.5 Å². The smallest absolute Gasteiger partial charge is 0.262 e. The number of hydrogen-bond acceptors (Lipinski definition) is 3. The molecule has 0 aromatic heterocycles. The van der Waals surface area contributed by atoms with Crippen LogP contribution in [-0.4, -0.2) is 19.1 Å². The van der Waals surface area contributed by atoms with Gasteiger partial charge >= 0.3 is 0 Å². The second-order valence-electron chi connectivity index (χ2n) is 8.51. The highest BCUT2D eigenvalue weighted by molar-refractivity contribution is 9.10. The first-order valence-electron chi connectivity index (χ1n) is 11.7. The zero-order valence-corrected chi connectivity index (χ0v) is 20.4. The lowest BCUT2D eigenvalue weighted by atomic mass is 9.87. The Hall–Kier alpha value is -2.79. The first-order chi connectivity index (χ1) is 16.2. The van der Waals surface area contributed by atoms with E-state index >= 15 is 0 Å². The first kappa shape index (κ1) is 23.4. The number of amides is 1. The summed E-state index contributed by atoms with van der Waals surface area (Å²) in [6, 6.07) is 23.5. The van der Waals surface area contributed by atoms with E-state index in [0.29, 0.717) is 5.75 Å².